The summed E-state index contributed by atoms with van der Waals surface area (Å²) in [4.78, 5) is 22.3. The van der Waals surface area contributed by atoms with Crippen molar-refractivity contribution < 1.29 is 43.2 Å². The van der Waals surface area contributed by atoms with Gasteiger partial charge in [0.25, 0.3) is 0 Å². The lowest BCUT2D eigenvalue weighted by atomic mass is 9.55. The number of alkyl halides is 1. The normalized spacial score (nSPS) is 23.3. The molecule has 7 rings (SSSR count). The van der Waals surface area contributed by atoms with E-state index in [1.54, 1.807) is 23.1 Å². The number of unbranched alkanes of at least 4 members (excludes halogenated alkanes) is 2. The number of rotatable bonds is 19. The Morgan fingerprint density at radius 3 is 2.40 bits per heavy atom. The molecule has 3 aliphatic rings. The molecule has 1 amide bonds. The molecule has 2 N–H and O–H groups in total. The number of benzene rings is 4. The fraction of sp³-hybridized carbons (Fsp3) is 0.451. The van der Waals surface area contributed by atoms with E-state index < -0.39 is 35.3 Å². The van der Waals surface area contributed by atoms with Crippen LogP contribution >= 0.6 is 11.6 Å². The van der Waals surface area contributed by atoms with Crippen molar-refractivity contribution in [2.75, 3.05) is 32.3 Å². The number of halogens is 2. The van der Waals surface area contributed by atoms with Crippen LogP contribution < -0.4 is 9.47 Å². The van der Waals surface area contributed by atoms with Crippen LogP contribution in [-0.4, -0.2) is 76.7 Å². The number of fused-ring (bicyclic) bond motifs is 3. The van der Waals surface area contributed by atoms with Crippen LogP contribution in [0, 0.1) is 23.6 Å². The van der Waals surface area contributed by atoms with Gasteiger partial charge < -0.3 is 34.0 Å². The van der Waals surface area contributed by atoms with Crippen LogP contribution in [0.4, 0.5) is 9.18 Å². The van der Waals surface area contributed by atoms with Crippen molar-refractivity contribution in [3.63, 3.8) is 0 Å². The standard InChI is InChI=1S/C51H60ClFN2O8/c1-5-27-60-51-46(55(49(58)59-28-24-52)33-34-16-19-38(53)20-17-34)32-44(54-63-50(2,3)4)42-30-37(14-8-10-25-56)41(15-9-11-26-57)47(48(42)51)43-31-40(22-23-45(43)62-51)61-39-21-18-35-12-6-7-13-36(35)29-39/h5-7,12-13,16-23,29-31,37,41,46-48,56-57H,1,8-11,14-15,24-28,32-33H2,2-4H3/t37-,41+,46-,47+,48+,51+/m0/s1. The van der Waals surface area contributed by atoms with Crippen molar-refractivity contribution in [2.45, 2.75) is 95.6 Å². The zero-order chi connectivity index (χ0) is 44.6. The van der Waals surface area contributed by atoms with Crippen LogP contribution in [0.25, 0.3) is 10.8 Å². The van der Waals surface area contributed by atoms with Crippen molar-refractivity contribution >= 4 is 34.2 Å². The van der Waals surface area contributed by atoms with Gasteiger partial charge in [-0.15, -0.1) is 18.2 Å². The van der Waals surface area contributed by atoms with E-state index in [1.807, 2.05) is 63.2 Å². The van der Waals surface area contributed by atoms with E-state index in [0.29, 0.717) is 41.4 Å². The molecule has 0 bridgehead atoms. The highest BCUT2D eigenvalue weighted by molar-refractivity contribution is 6.18. The molecule has 2 aliphatic carbocycles. The Balaban J connectivity index is 1.46. The van der Waals surface area contributed by atoms with Gasteiger partial charge in [-0.25, -0.2) is 9.18 Å². The summed E-state index contributed by atoms with van der Waals surface area (Å²) in [5, 5.41) is 27.0. The summed E-state index contributed by atoms with van der Waals surface area (Å²) >= 11 is 6.08. The van der Waals surface area contributed by atoms with Gasteiger partial charge in [0, 0.05) is 37.7 Å². The van der Waals surface area contributed by atoms with Crippen LogP contribution in [0.5, 0.6) is 17.2 Å². The molecule has 1 heterocycles. The molecule has 6 atom stereocenters. The summed E-state index contributed by atoms with van der Waals surface area (Å²) in [6.45, 7) is 10.1. The zero-order valence-corrected chi connectivity index (χ0v) is 37.3. The molecule has 0 radical (unpaired) electrons. The molecule has 0 saturated heterocycles. The third-order valence-electron chi connectivity index (χ3n) is 12.2. The number of hydrogen-bond donors (Lipinski definition) is 2. The van der Waals surface area contributed by atoms with Gasteiger partial charge in [0.1, 0.15) is 41.3 Å². The van der Waals surface area contributed by atoms with Crippen molar-refractivity contribution in [3.05, 3.63) is 126 Å². The minimum absolute atomic E-state index is 0.00607. The van der Waals surface area contributed by atoms with Gasteiger partial charge in [-0.05, 0) is 123 Å². The molecule has 0 aromatic heterocycles. The third-order valence-corrected chi connectivity index (χ3v) is 12.4. The quantitative estimate of drug-likeness (QED) is 0.0414. The summed E-state index contributed by atoms with van der Waals surface area (Å²) < 4.78 is 41.2. The number of allylic oxidation sites excluding steroid dienone is 1. The van der Waals surface area contributed by atoms with Crippen LogP contribution in [0.15, 0.2) is 114 Å². The Hall–Kier alpha value is -4.94. The average molecular weight is 883 g/mol. The summed E-state index contributed by atoms with van der Waals surface area (Å²) in [5.74, 6) is -0.700. The second kappa shape index (κ2) is 20.7. The predicted molar refractivity (Wildman–Crippen MR) is 244 cm³/mol. The topological polar surface area (TPSA) is 119 Å². The highest BCUT2D eigenvalue weighted by Gasteiger charge is 2.65. The average Bonchev–Trinajstić information content (AvgIpc) is 3.27. The molecule has 0 spiro atoms. The lowest BCUT2D eigenvalue weighted by Crippen LogP contribution is -2.70. The molecule has 1 fully saturated rings. The molecule has 0 unspecified atom stereocenters. The van der Waals surface area contributed by atoms with Crippen molar-refractivity contribution in [3.8, 4) is 17.2 Å². The largest absolute Gasteiger partial charge is 0.459 e. The molecule has 4 aromatic carbocycles. The molecule has 63 heavy (non-hydrogen) atoms. The van der Waals surface area contributed by atoms with Gasteiger partial charge in [0.2, 0.25) is 5.79 Å². The molecule has 4 aromatic rings. The highest BCUT2D eigenvalue weighted by atomic mass is 35.5. The third kappa shape index (κ3) is 10.5. The van der Waals surface area contributed by atoms with E-state index in [2.05, 4.69) is 30.9 Å². The monoisotopic (exact) mass is 882 g/mol. The van der Waals surface area contributed by atoms with Gasteiger partial charge >= 0.3 is 6.09 Å². The number of carbonyl (C=O) groups is 1. The number of carbonyl (C=O) groups excluding carboxylic acids is 1. The predicted octanol–water partition coefficient (Wildman–Crippen LogP) is 11.1. The van der Waals surface area contributed by atoms with Crippen molar-refractivity contribution in [1.29, 1.82) is 0 Å². The first kappa shape index (κ1) is 46.1. The molecule has 12 heteroatoms. The molecule has 1 aliphatic heterocycles. The lowest BCUT2D eigenvalue weighted by Gasteiger charge is -2.60. The maximum absolute atomic E-state index is 14.5. The van der Waals surface area contributed by atoms with Gasteiger partial charge in [-0.1, -0.05) is 72.6 Å². The van der Waals surface area contributed by atoms with E-state index >= 15 is 0 Å². The van der Waals surface area contributed by atoms with E-state index in [9.17, 15) is 19.4 Å². The maximum Gasteiger partial charge on any atom is 0.410 e. The Morgan fingerprint density at radius 2 is 1.68 bits per heavy atom. The van der Waals surface area contributed by atoms with Gasteiger partial charge in [-0.3, -0.25) is 4.90 Å². The fourth-order valence-electron chi connectivity index (χ4n) is 9.57. The van der Waals surface area contributed by atoms with Crippen molar-refractivity contribution in [2.24, 2.45) is 22.9 Å². The van der Waals surface area contributed by atoms with E-state index in [4.69, 9.17) is 40.5 Å². The first-order valence-corrected chi connectivity index (χ1v) is 22.7. The Labute approximate surface area is 375 Å². The van der Waals surface area contributed by atoms with Crippen LogP contribution in [0.3, 0.4) is 0 Å². The first-order valence-electron chi connectivity index (χ1n) is 22.2. The number of hydrogen-bond acceptors (Lipinski definition) is 9. The summed E-state index contributed by atoms with van der Waals surface area (Å²) in [7, 11) is 0. The number of nitrogens with zero attached hydrogens (tertiary/aromatic N) is 2. The van der Waals surface area contributed by atoms with E-state index in [-0.39, 0.29) is 63.0 Å². The summed E-state index contributed by atoms with van der Waals surface area (Å²) in [6.07, 6.45) is 7.94. The number of aliphatic hydroxyl groups is 2. The second-order valence-corrected chi connectivity index (χ2v) is 18.0. The zero-order valence-electron chi connectivity index (χ0n) is 36.5. The fourth-order valence-corrected chi connectivity index (χ4v) is 9.65. The van der Waals surface area contributed by atoms with E-state index in [1.165, 1.54) is 12.1 Å². The van der Waals surface area contributed by atoms with E-state index in [0.717, 1.165) is 47.6 Å². The van der Waals surface area contributed by atoms with Gasteiger partial charge in [0.15, 0.2) is 0 Å². The maximum atomic E-state index is 14.5. The number of oxime groups is 1. The molecular formula is C51H60ClFN2O8. The number of aliphatic hydroxyl groups excluding tert-OH is 2. The van der Waals surface area contributed by atoms with Gasteiger partial charge in [-0.2, -0.15) is 0 Å². The Kier molecular flexibility index (Phi) is 15.1. The molecular weight excluding hydrogens is 823 g/mol. The van der Waals surface area contributed by atoms with Crippen LogP contribution in [-0.2, 0) is 20.9 Å². The second-order valence-electron chi connectivity index (χ2n) is 17.6. The molecule has 10 nitrogen and oxygen atoms in total. The lowest BCUT2D eigenvalue weighted by molar-refractivity contribution is -0.256. The number of ether oxygens (including phenoxy) is 4. The molecule has 1 saturated carbocycles. The Morgan fingerprint density at radius 1 is 0.968 bits per heavy atom. The van der Waals surface area contributed by atoms with Crippen LogP contribution in [0.2, 0.25) is 0 Å². The minimum Gasteiger partial charge on any atom is -0.459 e. The molecule has 336 valence electrons. The highest BCUT2D eigenvalue weighted by Crippen LogP contribution is 2.62. The van der Waals surface area contributed by atoms with Crippen molar-refractivity contribution in [1.82, 2.24) is 4.90 Å². The van der Waals surface area contributed by atoms with Gasteiger partial charge in [0.05, 0.1) is 24.1 Å². The SMILES string of the molecule is C=CCO[C@@]12Oc3ccc(Oc4ccc5ccccc5c4)cc3[C@H]3[C@H](CCCCO)[C@@H](CCCCO)C=C(C(=NOC(C)(C)C)C[C@@H]1N(Cc1ccc(F)cc1)C(=O)OCCCl)[C@H]32. The smallest absolute Gasteiger partial charge is 0.410 e. The number of amides is 1. The minimum atomic E-state index is -1.52. The van der Waals surface area contributed by atoms with Crippen LogP contribution in [0.1, 0.15) is 82.8 Å². The summed E-state index contributed by atoms with van der Waals surface area (Å²) in [5.41, 5.74) is 2.50. The Bertz CT molecular complexity index is 2260. The summed E-state index contributed by atoms with van der Waals surface area (Å²) in [6, 6.07) is 25.2. The first-order chi connectivity index (χ1) is 30.5.